The number of hydrogen-bond donors (Lipinski definition) is 0. The van der Waals surface area contributed by atoms with E-state index in [-0.39, 0.29) is 6.29 Å². The summed E-state index contributed by atoms with van der Waals surface area (Å²) in [5.41, 5.74) is 3.70. The second-order valence-electron chi connectivity index (χ2n) is 6.10. The van der Waals surface area contributed by atoms with Crippen LogP contribution in [-0.2, 0) is 9.47 Å². The highest BCUT2D eigenvalue weighted by molar-refractivity contribution is 6.30. The molecule has 1 fully saturated rings. The molecule has 0 N–H and O–H groups in total. The molecule has 6 heteroatoms. The van der Waals surface area contributed by atoms with Crippen LogP contribution in [0.1, 0.15) is 12.0 Å². The molecule has 0 bridgehead atoms. The molecule has 2 aromatic heterocycles. The summed E-state index contributed by atoms with van der Waals surface area (Å²) in [5.74, 6) is 0.723. The van der Waals surface area contributed by atoms with Crippen LogP contribution in [-0.4, -0.2) is 22.9 Å². The molecule has 1 aliphatic rings. The number of nitrogens with zero attached hydrogens (tertiary/aromatic N) is 2. The molecule has 0 radical (unpaired) electrons. The highest BCUT2D eigenvalue weighted by Crippen LogP contribution is 2.32. The van der Waals surface area contributed by atoms with Gasteiger partial charge in [0.15, 0.2) is 12.1 Å². The predicted molar refractivity (Wildman–Crippen MR) is 98.4 cm³/mol. The Bertz CT molecular complexity index is 1060. The van der Waals surface area contributed by atoms with Gasteiger partial charge < -0.3 is 18.6 Å². The fourth-order valence-corrected chi connectivity index (χ4v) is 3.37. The Morgan fingerprint density at radius 1 is 1.00 bits per heavy atom. The van der Waals surface area contributed by atoms with E-state index >= 15 is 0 Å². The zero-order valence-electron chi connectivity index (χ0n) is 13.8. The van der Waals surface area contributed by atoms with Crippen LogP contribution in [0.2, 0.25) is 5.02 Å². The first-order valence-corrected chi connectivity index (χ1v) is 8.73. The van der Waals surface area contributed by atoms with Gasteiger partial charge >= 0.3 is 0 Å². The van der Waals surface area contributed by atoms with Crippen molar-refractivity contribution in [3.8, 4) is 17.0 Å². The fourth-order valence-electron chi connectivity index (χ4n) is 3.24. The normalized spacial score (nSPS) is 15.1. The Labute approximate surface area is 154 Å². The van der Waals surface area contributed by atoms with Crippen LogP contribution >= 0.6 is 11.6 Å². The summed E-state index contributed by atoms with van der Waals surface area (Å²) in [6.45, 7) is 1.22. The van der Waals surface area contributed by atoms with Crippen LogP contribution in [0.25, 0.3) is 27.9 Å². The van der Waals surface area contributed by atoms with Gasteiger partial charge in [0, 0.05) is 22.5 Å². The Balaban J connectivity index is 1.61. The largest absolute Gasteiger partial charge is 0.355 e. The lowest BCUT2D eigenvalue weighted by atomic mass is 10.1. The third-order valence-corrected chi connectivity index (χ3v) is 4.74. The van der Waals surface area contributed by atoms with E-state index < -0.39 is 0 Å². The molecule has 3 heterocycles. The summed E-state index contributed by atoms with van der Waals surface area (Å²) in [7, 11) is 0. The molecule has 5 rings (SSSR count). The van der Waals surface area contributed by atoms with Gasteiger partial charge in [-0.15, -0.1) is 0 Å². The van der Waals surface area contributed by atoms with Crippen LogP contribution < -0.4 is 0 Å². The average molecular weight is 367 g/mol. The number of rotatable bonds is 3. The first-order chi connectivity index (χ1) is 12.8. The molecule has 4 aromatic rings. The van der Waals surface area contributed by atoms with E-state index in [0.29, 0.717) is 18.2 Å². The Morgan fingerprint density at radius 3 is 2.62 bits per heavy atom. The van der Waals surface area contributed by atoms with E-state index in [4.69, 9.17) is 25.6 Å². The third kappa shape index (κ3) is 2.61. The number of hydrogen-bond acceptors (Lipinski definition) is 4. The highest BCUT2D eigenvalue weighted by atomic mass is 35.5. The van der Waals surface area contributed by atoms with Crippen molar-refractivity contribution >= 4 is 22.5 Å². The Morgan fingerprint density at radius 2 is 1.81 bits per heavy atom. The topological polar surface area (TPSA) is 49.4 Å². The van der Waals surface area contributed by atoms with Crippen LogP contribution in [0.3, 0.4) is 0 Å². The van der Waals surface area contributed by atoms with Crippen molar-refractivity contribution in [2.45, 2.75) is 6.29 Å². The van der Waals surface area contributed by atoms with Crippen LogP contribution in [0.4, 0.5) is 0 Å². The number of ether oxygens (including phenoxy) is 2. The molecule has 130 valence electrons. The standard InChI is InChI=1S/C20H15ClN2O3/c21-14-5-3-13(4-6-14)19-16-12-15(7-8-17(16)22-26-19)23-9-1-2-18(23)20-24-10-11-25-20/h1-9,12,20H,10-11H2. The van der Waals surface area contributed by atoms with E-state index in [1.165, 1.54) is 0 Å². The number of aromatic nitrogens is 2. The molecule has 2 aromatic carbocycles. The lowest BCUT2D eigenvalue weighted by Crippen LogP contribution is -2.06. The molecule has 1 aliphatic heterocycles. The van der Waals surface area contributed by atoms with Crippen molar-refractivity contribution in [3.05, 3.63) is 71.5 Å². The zero-order chi connectivity index (χ0) is 17.5. The molecule has 0 amide bonds. The van der Waals surface area contributed by atoms with E-state index in [2.05, 4.69) is 15.8 Å². The van der Waals surface area contributed by atoms with Gasteiger partial charge in [0.1, 0.15) is 5.52 Å². The predicted octanol–water partition coefficient (Wildman–Crippen LogP) is 4.98. The van der Waals surface area contributed by atoms with Crippen molar-refractivity contribution in [2.75, 3.05) is 13.2 Å². The maximum Gasteiger partial charge on any atom is 0.199 e. The van der Waals surface area contributed by atoms with Gasteiger partial charge in [-0.05, 0) is 54.6 Å². The maximum absolute atomic E-state index is 5.99. The zero-order valence-corrected chi connectivity index (χ0v) is 14.5. The maximum atomic E-state index is 5.99. The minimum atomic E-state index is -0.334. The molecule has 0 atom stereocenters. The van der Waals surface area contributed by atoms with Crippen molar-refractivity contribution in [1.82, 2.24) is 9.72 Å². The van der Waals surface area contributed by atoms with Gasteiger partial charge in [-0.1, -0.05) is 16.8 Å². The van der Waals surface area contributed by atoms with Gasteiger partial charge in [0.25, 0.3) is 0 Å². The van der Waals surface area contributed by atoms with Gasteiger partial charge in [0.2, 0.25) is 0 Å². The van der Waals surface area contributed by atoms with Crippen molar-refractivity contribution in [3.63, 3.8) is 0 Å². The molecule has 26 heavy (non-hydrogen) atoms. The van der Waals surface area contributed by atoms with Crippen molar-refractivity contribution in [2.24, 2.45) is 0 Å². The molecular weight excluding hydrogens is 352 g/mol. The third-order valence-electron chi connectivity index (χ3n) is 4.49. The summed E-state index contributed by atoms with van der Waals surface area (Å²) in [6, 6.07) is 17.6. The first kappa shape index (κ1) is 15.6. The number of halogens is 1. The minimum absolute atomic E-state index is 0.334. The van der Waals surface area contributed by atoms with E-state index in [1.54, 1.807) is 0 Å². The lowest BCUT2D eigenvalue weighted by molar-refractivity contribution is -0.0483. The molecule has 0 spiro atoms. The quantitative estimate of drug-likeness (QED) is 0.513. The summed E-state index contributed by atoms with van der Waals surface area (Å²) in [6.07, 6.45) is 1.66. The molecule has 0 unspecified atom stereocenters. The second-order valence-corrected chi connectivity index (χ2v) is 6.53. The van der Waals surface area contributed by atoms with Crippen molar-refractivity contribution < 1.29 is 14.0 Å². The molecule has 1 saturated heterocycles. The minimum Gasteiger partial charge on any atom is -0.355 e. The lowest BCUT2D eigenvalue weighted by Gasteiger charge is -2.14. The number of benzene rings is 2. The van der Waals surface area contributed by atoms with Crippen LogP contribution in [0.15, 0.2) is 65.3 Å². The summed E-state index contributed by atoms with van der Waals surface area (Å²) >= 11 is 5.99. The number of fused-ring (bicyclic) bond motifs is 1. The van der Waals surface area contributed by atoms with E-state index in [9.17, 15) is 0 Å². The SMILES string of the molecule is Clc1ccc(-c2onc3ccc(-n4cccc4C4OCCO4)cc23)cc1. The fraction of sp³-hybridized carbons (Fsp3) is 0.150. The summed E-state index contributed by atoms with van der Waals surface area (Å²) in [5, 5.41) is 5.80. The second kappa shape index (κ2) is 6.29. The first-order valence-electron chi connectivity index (χ1n) is 8.36. The highest BCUT2D eigenvalue weighted by Gasteiger charge is 2.22. The van der Waals surface area contributed by atoms with Gasteiger partial charge in [-0.25, -0.2) is 0 Å². The van der Waals surface area contributed by atoms with Gasteiger partial charge in [-0.3, -0.25) is 0 Å². The smallest absolute Gasteiger partial charge is 0.199 e. The van der Waals surface area contributed by atoms with Crippen molar-refractivity contribution in [1.29, 1.82) is 0 Å². The van der Waals surface area contributed by atoms with Crippen LogP contribution in [0, 0.1) is 0 Å². The van der Waals surface area contributed by atoms with Gasteiger partial charge in [0.05, 0.1) is 24.3 Å². The summed E-state index contributed by atoms with van der Waals surface area (Å²) in [4.78, 5) is 0. The van der Waals surface area contributed by atoms with E-state index in [0.717, 1.165) is 33.6 Å². The molecule has 5 nitrogen and oxygen atoms in total. The van der Waals surface area contributed by atoms with Crippen LogP contribution in [0.5, 0.6) is 0 Å². The van der Waals surface area contributed by atoms with E-state index in [1.807, 2.05) is 54.7 Å². The summed E-state index contributed by atoms with van der Waals surface area (Å²) < 4.78 is 19.0. The molecular formula is C20H15ClN2O3. The Kier molecular flexibility index (Phi) is 3.78. The monoisotopic (exact) mass is 366 g/mol. The van der Waals surface area contributed by atoms with Gasteiger partial charge in [-0.2, -0.15) is 0 Å². The Hall–Kier alpha value is -2.60. The molecule has 0 saturated carbocycles. The average Bonchev–Trinajstić information content (AvgIpc) is 3.41. The molecule has 0 aliphatic carbocycles.